The Morgan fingerprint density at radius 2 is 2.24 bits per heavy atom. The summed E-state index contributed by atoms with van der Waals surface area (Å²) in [5.41, 5.74) is 0.0332. The van der Waals surface area contributed by atoms with Crippen LogP contribution >= 0.6 is 0 Å². The van der Waals surface area contributed by atoms with E-state index >= 15 is 0 Å². The van der Waals surface area contributed by atoms with Crippen molar-refractivity contribution in [1.82, 2.24) is 4.98 Å². The van der Waals surface area contributed by atoms with E-state index in [1.54, 1.807) is 0 Å². The van der Waals surface area contributed by atoms with Gasteiger partial charge in [-0.25, -0.2) is 9.78 Å². The number of pyridine rings is 1. The number of aromatic nitrogens is 1. The molecule has 7 heteroatoms. The molecule has 1 aliphatic rings. The van der Waals surface area contributed by atoms with Crippen molar-refractivity contribution in [2.45, 2.75) is 38.6 Å². The van der Waals surface area contributed by atoms with E-state index in [-0.39, 0.29) is 23.2 Å². The van der Waals surface area contributed by atoms with Crippen LogP contribution in [-0.4, -0.2) is 35.6 Å². The zero-order chi connectivity index (χ0) is 15.4. The molecule has 0 unspecified atom stereocenters. The molecule has 0 radical (unpaired) electrons. The summed E-state index contributed by atoms with van der Waals surface area (Å²) < 4.78 is 4.64. The molecule has 0 spiro atoms. The van der Waals surface area contributed by atoms with Gasteiger partial charge in [0.2, 0.25) is 5.82 Å². The second-order valence-electron chi connectivity index (χ2n) is 5.07. The van der Waals surface area contributed by atoms with E-state index in [4.69, 9.17) is 0 Å². The molecule has 0 atom stereocenters. The minimum atomic E-state index is -0.586. The van der Waals surface area contributed by atoms with Gasteiger partial charge < -0.3 is 9.64 Å². The predicted octanol–water partition coefficient (Wildman–Crippen LogP) is 2.55. The SMILES string of the molecule is CCCCN(c1nc(C(=O)OC)ccc1[N+](=O)[O-])C1CC1. The molecular weight excluding hydrogens is 274 g/mol. The topological polar surface area (TPSA) is 85.6 Å². The third kappa shape index (κ3) is 3.48. The second-order valence-corrected chi connectivity index (χ2v) is 5.07. The Hall–Kier alpha value is -2.18. The molecule has 0 amide bonds. The van der Waals surface area contributed by atoms with Crippen LogP contribution < -0.4 is 4.90 Å². The number of carbonyl (C=O) groups is 1. The Labute approximate surface area is 123 Å². The van der Waals surface area contributed by atoms with Crippen LogP contribution in [0.1, 0.15) is 43.1 Å². The first-order valence-corrected chi connectivity index (χ1v) is 7.08. The number of nitro groups is 1. The normalized spacial score (nSPS) is 13.8. The van der Waals surface area contributed by atoms with Gasteiger partial charge in [0.25, 0.3) is 0 Å². The molecule has 0 N–H and O–H groups in total. The number of rotatable bonds is 7. The first-order chi connectivity index (χ1) is 10.1. The molecule has 1 fully saturated rings. The van der Waals surface area contributed by atoms with Crippen LogP contribution in [-0.2, 0) is 4.74 Å². The third-order valence-corrected chi connectivity index (χ3v) is 3.46. The lowest BCUT2D eigenvalue weighted by Gasteiger charge is -2.23. The van der Waals surface area contributed by atoms with E-state index < -0.39 is 10.9 Å². The Morgan fingerprint density at radius 3 is 2.76 bits per heavy atom. The molecule has 0 aliphatic heterocycles. The predicted molar refractivity (Wildman–Crippen MR) is 77.5 cm³/mol. The van der Waals surface area contributed by atoms with Crippen molar-refractivity contribution in [3.05, 3.63) is 27.9 Å². The third-order valence-electron chi connectivity index (χ3n) is 3.46. The molecule has 114 valence electrons. The fraction of sp³-hybridized carbons (Fsp3) is 0.571. The maximum absolute atomic E-state index is 11.6. The molecule has 0 saturated heterocycles. The lowest BCUT2D eigenvalue weighted by Crippen LogP contribution is -2.29. The fourth-order valence-corrected chi connectivity index (χ4v) is 2.19. The van der Waals surface area contributed by atoms with E-state index in [0.717, 1.165) is 25.7 Å². The maximum Gasteiger partial charge on any atom is 0.356 e. The Morgan fingerprint density at radius 1 is 1.52 bits per heavy atom. The summed E-state index contributed by atoms with van der Waals surface area (Å²) in [5, 5.41) is 11.2. The van der Waals surface area contributed by atoms with Crippen LogP contribution in [0, 0.1) is 10.1 Å². The van der Waals surface area contributed by atoms with Gasteiger partial charge in [0.1, 0.15) is 0 Å². The molecule has 7 nitrogen and oxygen atoms in total. The Bertz CT molecular complexity index is 543. The van der Waals surface area contributed by atoms with Gasteiger partial charge in [-0.1, -0.05) is 13.3 Å². The highest BCUT2D eigenvalue weighted by molar-refractivity contribution is 5.88. The summed E-state index contributed by atoms with van der Waals surface area (Å²) in [6.07, 6.45) is 3.93. The van der Waals surface area contributed by atoms with Crippen molar-refractivity contribution in [1.29, 1.82) is 0 Å². The number of esters is 1. The maximum atomic E-state index is 11.6. The first kappa shape index (κ1) is 15.2. The smallest absolute Gasteiger partial charge is 0.356 e. The average Bonchev–Trinajstić information content (AvgIpc) is 3.31. The summed E-state index contributed by atoms with van der Waals surface area (Å²) in [5.74, 6) is -0.309. The molecule has 2 rings (SSSR count). The Kier molecular flexibility index (Phi) is 4.72. The van der Waals surface area contributed by atoms with Crippen molar-refractivity contribution in [3.63, 3.8) is 0 Å². The highest BCUT2D eigenvalue weighted by Crippen LogP contribution is 2.36. The number of carbonyl (C=O) groups excluding carboxylic acids is 1. The summed E-state index contributed by atoms with van der Waals surface area (Å²) in [6.45, 7) is 2.78. The van der Waals surface area contributed by atoms with Crippen molar-refractivity contribution in [2.24, 2.45) is 0 Å². The molecule has 0 aromatic carbocycles. The highest BCUT2D eigenvalue weighted by atomic mass is 16.6. The summed E-state index contributed by atoms with van der Waals surface area (Å²) >= 11 is 0. The average molecular weight is 293 g/mol. The van der Waals surface area contributed by atoms with Crippen molar-refractivity contribution in [2.75, 3.05) is 18.6 Å². The number of hydrogen-bond donors (Lipinski definition) is 0. The Balaban J connectivity index is 2.40. The summed E-state index contributed by atoms with van der Waals surface area (Å²) in [7, 11) is 1.26. The van der Waals surface area contributed by atoms with Crippen LogP contribution in [0.25, 0.3) is 0 Å². The van der Waals surface area contributed by atoms with Gasteiger partial charge in [0.05, 0.1) is 12.0 Å². The van der Waals surface area contributed by atoms with Gasteiger partial charge in [-0.2, -0.15) is 0 Å². The van der Waals surface area contributed by atoms with Crippen molar-refractivity contribution >= 4 is 17.5 Å². The fourth-order valence-electron chi connectivity index (χ4n) is 2.19. The largest absolute Gasteiger partial charge is 0.464 e. The molecule has 1 aromatic rings. The lowest BCUT2D eigenvalue weighted by molar-refractivity contribution is -0.384. The van der Waals surface area contributed by atoms with Crippen LogP contribution in [0.4, 0.5) is 11.5 Å². The van der Waals surface area contributed by atoms with Crippen LogP contribution in [0.3, 0.4) is 0 Å². The molecule has 1 aromatic heterocycles. The zero-order valence-corrected chi connectivity index (χ0v) is 12.2. The quantitative estimate of drug-likeness (QED) is 0.436. The zero-order valence-electron chi connectivity index (χ0n) is 12.2. The second kappa shape index (κ2) is 6.51. The molecule has 21 heavy (non-hydrogen) atoms. The van der Waals surface area contributed by atoms with Crippen molar-refractivity contribution < 1.29 is 14.5 Å². The lowest BCUT2D eigenvalue weighted by atomic mass is 10.2. The molecule has 1 saturated carbocycles. The van der Waals surface area contributed by atoms with E-state index in [1.807, 2.05) is 4.90 Å². The number of unbranched alkanes of at least 4 members (excludes halogenated alkanes) is 1. The first-order valence-electron chi connectivity index (χ1n) is 7.08. The van der Waals surface area contributed by atoms with E-state index in [2.05, 4.69) is 16.6 Å². The minimum absolute atomic E-state index is 0.0642. The molecule has 0 bridgehead atoms. The number of methoxy groups -OCH3 is 1. The van der Waals surface area contributed by atoms with Crippen LogP contribution in [0.5, 0.6) is 0 Å². The number of hydrogen-bond acceptors (Lipinski definition) is 6. The van der Waals surface area contributed by atoms with Crippen LogP contribution in [0.15, 0.2) is 12.1 Å². The van der Waals surface area contributed by atoms with E-state index in [9.17, 15) is 14.9 Å². The molecule has 1 heterocycles. The van der Waals surface area contributed by atoms with Gasteiger partial charge in [-0.15, -0.1) is 0 Å². The summed E-state index contributed by atoms with van der Waals surface area (Å²) in [6, 6.07) is 2.95. The highest BCUT2D eigenvalue weighted by Gasteiger charge is 2.34. The van der Waals surface area contributed by atoms with Gasteiger partial charge in [0, 0.05) is 18.7 Å². The van der Waals surface area contributed by atoms with Crippen LogP contribution in [0.2, 0.25) is 0 Å². The number of ether oxygens (including phenoxy) is 1. The van der Waals surface area contributed by atoms with Gasteiger partial charge in [-0.3, -0.25) is 10.1 Å². The standard InChI is InChI=1S/C14H19N3O4/c1-3-4-9-16(10-5-6-10)13-12(17(19)20)8-7-11(15-13)14(18)21-2/h7-8,10H,3-6,9H2,1-2H3. The minimum Gasteiger partial charge on any atom is -0.464 e. The number of nitrogens with zero attached hydrogens (tertiary/aromatic N) is 3. The summed E-state index contributed by atoms with van der Waals surface area (Å²) in [4.78, 5) is 28.5. The monoisotopic (exact) mass is 293 g/mol. The van der Waals surface area contributed by atoms with E-state index in [0.29, 0.717) is 6.54 Å². The van der Waals surface area contributed by atoms with E-state index in [1.165, 1.54) is 19.2 Å². The molecule has 1 aliphatic carbocycles. The van der Waals surface area contributed by atoms with Gasteiger partial charge in [-0.05, 0) is 25.3 Å². The molecular formula is C14H19N3O4. The van der Waals surface area contributed by atoms with Gasteiger partial charge in [0.15, 0.2) is 5.69 Å². The van der Waals surface area contributed by atoms with Crippen molar-refractivity contribution in [3.8, 4) is 0 Å². The number of anilines is 1. The van der Waals surface area contributed by atoms with Gasteiger partial charge >= 0.3 is 11.7 Å².